The predicted molar refractivity (Wildman–Crippen MR) is 113 cm³/mol. The quantitative estimate of drug-likeness (QED) is 0.669. The van der Waals surface area contributed by atoms with E-state index < -0.39 is 0 Å². The molecule has 152 valence electrons. The number of hydrogen-bond donors (Lipinski definition) is 2. The van der Waals surface area contributed by atoms with Gasteiger partial charge in [-0.05, 0) is 32.8 Å². The molecule has 1 amide bonds. The molecule has 1 aromatic carbocycles. The van der Waals surface area contributed by atoms with Crippen LogP contribution in [0.1, 0.15) is 41.1 Å². The van der Waals surface area contributed by atoms with Crippen molar-refractivity contribution in [3.05, 3.63) is 64.6 Å². The third kappa shape index (κ3) is 4.48. The molecule has 2 atom stereocenters. The topological polar surface area (TPSA) is 63.7 Å². The Bertz CT molecular complexity index is 1010. The molecule has 1 saturated heterocycles. The summed E-state index contributed by atoms with van der Waals surface area (Å²) in [5.74, 6) is 0.131. The normalized spacial score (nSPS) is 19.0. The van der Waals surface area contributed by atoms with Crippen molar-refractivity contribution in [1.82, 2.24) is 19.9 Å². The first-order valence-electron chi connectivity index (χ1n) is 10.5. The summed E-state index contributed by atoms with van der Waals surface area (Å²) >= 11 is 0. The van der Waals surface area contributed by atoms with Crippen LogP contribution in [0.5, 0.6) is 0 Å². The van der Waals surface area contributed by atoms with Crippen LogP contribution in [0, 0.1) is 20.8 Å². The Kier molecular flexibility index (Phi) is 5.62. The number of aryl methyl sites for hydroxylation is 3. The van der Waals surface area contributed by atoms with E-state index in [1.54, 1.807) is 0 Å². The first-order valence-corrected chi connectivity index (χ1v) is 10.5. The number of likely N-dealkylation sites (tertiary alicyclic amines) is 1. The van der Waals surface area contributed by atoms with Gasteiger partial charge in [0.05, 0.1) is 24.8 Å². The molecule has 4 rings (SSSR count). The molecule has 1 fully saturated rings. The van der Waals surface area contributed by atoms with E-state index in [9.17, 15) is 4.79 Å². The molecule has 2 aromatic heterocycles. The van der Waals surface area contributed by atoms with E-state index in [0.29, 0.717) is 12.8 Å². The van der Waals surface area contributed by atoms with Crippen molar-refractivity contribution in [1.29, 1.82) is 0 Å². The van der Waals surface area contributed by atoms with Crippen LogP contribution in [0.25, 0.3) is 5.65 Å². The Balaban J connectivity index is 1.31. The van der Waals surface area contributed by atoms with Gasteiger partial charge in [-0.15, -0.1) is 0 Å². The molecule has 0 saturated carbocycles. The molecule has 2 N–H and O–H groups in total. The van der Waals surface area contributed by atoms with Gasteiger partial charge in [0.25, 0.3) is 0 Å². The van der Waals surface area contributed by atoms with Gasteiger partial charge in [0.1, 0.15) is 6.54 Å². The minimum atomic E-state index is 0.131. The van der Waals surface area contributed by atoms with Crippen LogP contribution >= 0.6 is 0 Å². The van der Waals surface area contributed by atoms with Gasteiger partial charge in [-0.2, -0.15) is 5.10 Å². The molecular weight excluding hydrogens is 362 g/mol. The highest BCUT2D eigenvalue weighted by Crippen LogP contribution is 2.17. The lowest BCUT2D eigenvalue weighted by Gasteiger charge is -2.15. The molecule has 1 aliphatic heterocycles. The summed E-state index contributed by atoms with van der Waals surface area (Å²) in [7, 11) is 0. The van der Waals surface area contributed by atoms with Crippen molar-refractivity contribution in [3.63, 3.8) is 0 Å². The number of nitrogens with zero attached hydrogens (tertiary/aromatic N) is 3. The molecule has 0 aliphatic carbocycles. The first-order chi connectivity index (χ1) is 14.0. The molecule has 0 spiro atoms. The van der Waals surface area contributed by atoms with Crippen LogP contribution in [-0.4, -0.2) is 39.6 Å². The largest absolute Gasteiger partial charge is 0.347 e. The van der Waals surface area contributed by atoms with Crippen LogP contribution in [-0.2, 0) is 17.8 Å². The molecule has 1 aliphatic rings. The van der Waals surface area contributed by atoms with Gasteiger partial charge < -0.3 is 10.2 Å². The highest BCUT2D eigenvalue weighted by Gasteiger charge is 2.27. The maximum atomic E-state index is 12.6. The van der Waals surface area contributed by atoms with Crippen LogP contribution in [0.4, 0.5) is 0 Å². The lowest BCUT2D eigenvalue weighted by atomic mass is 10.1. The number of rotatable bonds is 6. The van der Waals surface area contributed by atoms with Crippen molar-refractivity contribution >= 4 is 11.6 Å². The van der Waals surface area contributed by atoms with Gasteiger partial charge in [0.2, 0.25) is 5.91 Å². The second-order valence-electron chi connectivity index (χ2n) is 8.24. The highest BCUT2D eigenvalue weighted by atomic mass is 16.1. The van der Waals surface area contributed by atoms with E-state index in [2.05, 4.69) is 52.7 Å². The number of hydrogen-bond acceptors (Lipinski definition) is 3. The molecule has 6 nitrogen and oxygen atoms in total. The van der Waals surface area contributed by atoms with Gasteiger partial charge in [-0.25, -0.2) is 9.50 Å². The number of nitrogens with one attached hydrogen (secondary N) is 2. The molecule has 3 heterocycles. The van der Waals surface area contributed by atoms with E-state index >= 15 is 0 Å². The molecule has 1 unspecified atom stereocenters. The number of amides is 1. The summed E-state index contributed by atoms with van der Waals surface area (Å²) < 4.78 is 1.89. The van der Waals surface area contributed by atoms with E-state index in [4.69, 9.17) is 0 Å². The first kappa shape index (κ1) is 19.6. The molecule has 0 radical (unpaired) electrons. The Morgan fingerprint density at radius 2 is 2.03 bits per heavy atom. The standard InChI is InChI=1S/C23H29N5O/c1-16-13-22-24-17(2)21(18(3)28(22)26-16)9-10-23(29)25-20-11-12-27(15-20)14-19-7-5-4-6-8-19/h4-8,13,20H,9-12,14-15H2,1-3H3,(H,25,29)/p+1/t20-/m1/s1. The van der Waals surface area contributed by atoms with Gasteiger partial charge in [0, 0.05) is 35.9 Å². The van der Waals surface area contributed by atoms with E-state index in [1.165, 1.54) is 10.5 Å². The predicted octanol–water partition coefficient (Wildman–Crippen LogP) is 1.56. The summed E-state index contributed by atoms with van der Waals surface area (Å²) in [6.07, 6.45) is 2.23. The van der Waals surface area contributed by atoms with Crippen LogP contribution in [0.2, 0.25) is 0 Å². The summed E-state index contributed by atoms with van der Waals surface area (Å²) in [4.78, 5) is 18.8. The van der Waals surface area contributed by atoms with Gasteiger partial charge in [-0.3, -0.25) is 4.79 Å². The van der Waals surface area contributed by atoms with Crippen LogP contribution in [0.15, 0.2) is 36.4 Å². The molecule has 29 heavy (non-hydrogen) atoms. The zero-order valence-corrected chi connectivity index (χ0v) is 17.5. The van der Waals surface area contributed by atoms with E-state index in [0.717, 1.165) is 54.3 Å². The average Bonchev–Trinajstić information content (AvgIpc) is 3.28. The van der Waals surface area contributed by atoms with Crippen LogP contribution < -0.4 is 10.2 Å². The fraction of sp³-hybridized carbons (Fsp3) is 0.435. The number of fused-ring (bicyclic) bond motifs is 1. The number of quaternary nitrogens is 1. The van der Waals surface area contributed by atoms with E-state index in [1.807, 2.05) is 24.4 Å². The minimum Gasteiger partial charge on any atom is -0.347 e. The average molecular weight is 393 g/mol. The minimum absolute atomic E-state index is 0.131. The third-order valence-electron chi connectivity index (χ3n) is 5.93. The summed E-state index contributed by atoms with van der Waals surface area (Å²) in [5.41, 5.74) is 6.38. The Morgan fingerprint density at radius 1 is 1.24 bits per heavy atom. The van der Waals surface area contributed by atoms with Crippen LogP contribution in [0.3, 0.4) is 0 Å². The zero-order chi connectivity index (χ0) is 20.4. The second kappa shape index (κ2) is 8.33. The molecular formula is C23H30N5O+. The second-order valence-corrected chi connectivity index (χ2v) is 8.24. The monoisotopic (exact) mass is 392 g/mol. The maximum Gasteiger partial charge on any atom is 0.220 e. The lowest BCUT2D eigenvalue weighted by molar-refractivity contribution is -0.901. The lowest BCUT2D eigenvalue weighted by Crippen LogP contribution is -3.09. The van der Waals surface area contributed by atoms with Crippen molar-refractivity contribution in [2.45, 2.75) is 52.6 Å². The molecule has 6 heteroatoms. The number of carbonyl (C=O) groups is 1. The number of benzene rings is 1. The van der Waals surface area contributed by atoms with Gasteiger partial charge in [0.15, 0.2) is 5.65 Å². The van der Waals surface area contributed by atoms with Gasteiger partial charge >= 0.3 is 0 Å². The third-order valence-corrected chi connectivity index (χ3v) is 5.93. The molecule has 0 bridgehead atoms. The molecule has 3 aromatic rings. The van der Waals surface area contributed by atoms with Gasteiger partial charge in [-0.1, -0.05) is 30.3 Å². The highest BCUT2D eigenvalue weighted by molar-refractivity contribution is 5.76. The zero-order valence-electron chi connectivity index (χ0n) is 17.5. The Hall–Kier alpha value is -2.73. The number of aromatic nitrogens is 3. The fourth-order valence-corrected chi connectivity index (χ4v) is 4.44. The summed E-state index contributed by atoms with van der Waals surface area (Å²) in [6.45, 7) is 9.19. The maximum absolute atomic E-state index is 12.6. The van der Waals surface area contributed by atoms with Crippen molar-refractivity contribution < 1.29 is 9.69 Å². The fourth-order valence-electron chi connectivity index (χ4n) is 4.44. The Labute approximate surface area is 171 Å². The smallest absolute Gasteiger partial charge is 0.220 e. The summed E-state index contributed by atoms with van der Waals surface area (Å²) in [6, 6.07) is 12.8. The van der Waals surface area contributed by atoms with Crippen molar-refractivity contribution in [3.8, 4) is 0 Å². The Morgan fingerprint density at radius 3 is 2.83 bits per heavy atom. The van der Waals surface area contributed by atoms with Crippen molar-refractivity contribution in [2.24, 2.45) is 0 Å². The van der Waals surface area contributed by atoms with E-state index in [-0.39, 0.29) is 11.9 Å². The number of carbonyl (C=O) groups excluding carboxylic acids is 1. The van der Waals surface area contributed by atoms with Crippen molar-refractivity contribution in [2.75, 3.05) is 13.1 Å². The summed E-state index contributed by atoms with van der Waals surface area (Å²) in [5, 5.41) is 7.76. The SMILES string of the molecule is Cc1cc2nc(C)c(CCC(=O)N[C@@H]3CC[NH+](Cc4ccccc4)C3)c(C)n2n1.